The monoisotopic (exact) mass is 236 g/mol. The maximum absolute atomic E-state index is 13.2. The number of rotatable bonds is 3. The van der Waals surface area contributed by atoms with Gasteiger partial charge < -0.3 is 9.84 Å². The summed E-state index contributed by atoms with van der Waals surface area (Å²) in [7, 11) is 1.55. The van der Waals surface area contributed by atoms with Crippen molar-refractivity contribution >= 4 is 0 Å². The molecule has 17 heavy (non-hydrogen) atoms. The molecule has 3 atom stereocenters. The zero-order valence-electron chi connectivity index (χ0n) is 9.90. The van der Waals surface area contributed by atoms with E-state index < -0.39 is 6.10 Å². The van der Waals surface area contributed by atoms with Gasteiger partial charge in [0, 0.05) is 5.56 Å². The van der Waals surface area contributed by atoms with Crippen LogP contribution in [-0.4, -0.2) is 12.2 Å². The first-order valence-electron chi connectivity index (χ1n) is 6.20. The Bertz CT molecular complexity index is 422. The minimum Gasteiger partial charge on any atom is -0.496 e. The van der Waals surface area contributed by atoms with E-state index in [1.165, 1.54) is 18.6 Å². The maximum Gasteiger partial charge on any atom is 0.124 e. The summed E-state index contributed by atoms with van der Waals surface area (Å²) in [5.41, 5.74) is 0.596. The molecule has 0 radical (unpaired) electrons. The summed E-state index contributed by atoms with van der Waals surface area (Å²) >= 11 is 0. The summed E-state index contributed by atoms with van der Waals surface area (Å²) in [5.74, 6) is 2.17. The van der Waals surface area contributed by atoms with Crippen LogP contribution in [0.25, 0.3) is 0 Å². The first kappa shape index (κ1) is 11.0. The predicted molar refractivity (Wildman–Crippen MR) is 62.2 cm³/mol. The number of aliphatic hydroxyl groups excluding tert-OH is 1. The minimum absolute atomic E-state index is 0.273. The first-order valence-corrected chi connectivity index (χ1v) is 6.20. The molecule has 0 saturated heterocycles. The van der Waals surface area contributed by atoms with Crippen LogP contribution in [-0.2, 0) is 0 Å². The quantitative estimate of drug-likeness (QED) is 0.874. The van der Waals surface area contributed by atoms with E-state index in [-0.39, 0.29) is 11.7 Å². The minimum atomic E-state index is -0.589. The second-order valence-electron chi connectivity index (χ2n) is 5.32. The van der Waals surface area contributed by atoms with Gasteiger partial charge in [0.1, 0.15) is 11.6 Å². The number of benzene rings is 1. The zero-order chi connectivity index (χ0) is 12.0. The fraction of sp³-hybridized carbons (Fsp3) is 0.571. The number of halogens is 1. The molecule has 0 amide bonds. The highest BCUT2D eigenvalue weighted by Crippen LogP contribution is 2.57. The van der Waals surface area contributed by atoms with Crippen LogP contribution >= 0.6 is 0 Å². The summed E-state index contributed by atoms with van der Waals surface area (Å²) in [5, 5.41) is 10.3. The van der Waals surface area contributed by atoms with E-state index in [1.807, 2.05) is 0 Å². The third kappa shape index (κ3) is 1.93. The molecule has 2 aliphatic carbocycles. The largest absolute Gasteiger partial charge is 0.496 e. The number of methoxy groups -OCH3 is 1. The molecule has 1 N–H and O–H groups in total. The second-order valence-corrected chi connectivity index (χ2v) is 5.32. The topological polar surface area (TPSA) is 29.5 Å². The normalized spacial score (nSPS) is 32.1. The second kappa shape index (κ2) is 3.98. The van der Waals surface area contributed by atoms with Crippen molar-refractivity contribution in [2.75, 3.05) is 7.11 Å². The van der Waals surface area contributed by atoms with Gasteiger partial charge in [-0.3, -0.25) is 0 Å². The number of aliphatic hydroxyl groups is 1. The fourth-order valence-electron chi connectivity index (χ4n) is 3.21. The van der Waals surface area contributed by atoms with E-state index in [0.29, 0.717) is 11.3 Å². The molecule has 2 nitrogen and oxygen atoms in total. The van der Waals surface area contributed by atoms with Crippen LogP contribution in [0.5, 0.6) is 5.75 Å². The molecule has 2 aliphatic rings. The average molecular weight is 236 g/mol. The van der Waals surface area contributed by atoms with Gasteiger partial charge in [-0.25, -0.2) is 4.39 Å². The van der Waals surface area contributed by atoms with E-state index in [4.69, 9.17) is 4.74 Å². The Labute approximate surface area is 100 Å². The first-order chi connectivity index (χ1) is 8.19. The number of fused-ring (bicyclic) bond motifs is 1. The lowest BCUT2D eigenvalue weighted by Gasteiger charge is -2.21. The van der Waals surface area contributed by atoms with E-state index in [9.17, 15) is 9.50 Å². The van der Waals surface area contributed by atoms with E-state index in [0.717, 1.165) is 24.7 Å². The predicted octanol–water partition coefficient (Wildman–Crippen LogP) is 2.91. The van der Waals surface area contributed by atoms with Crippen LogP contribution in [0.2, 0.25) is 0 Å². The molecule has 0 bridgehead atoms. The molecule has 3 rings (SSSR count). The van der Waals surface area contributed by atoms with Crippen molar-refractivity contribution in [3.05, 3.63) is 29.6 Å². The number of hydrogen-bond donors (Lipinski definition) is 1. The van der Waals surface area contributed by atoms with Crippen LogP contribution in [0.15, 0.2) is 18.2 Å². The highest BCUT2D eigenvalue weighted by molar-refractivity contribution is 5.36. The Morgan fingerprint density at radius 1 is 1.29 bits per heavy atom. The van der Waals surface area contributed by atoms with Gasteiger partial charge in [-0.2, -0.15) is 0 Å². The Morgan fingerprint density at radius 2 is 2.00 bits per heavy atom. The molecule has 0 aliphatic heterocycles. The summed E-state index contributed by atoms with van der Waals surface area (Å²) in [6.07, 6.45) is 2.88. The molecule has 0 aromatic heterocycles. The van der Waals surface area contributed by atoms with Crippen molar-refractivity contribution in [2.45, 2.75) is 25.4 Å². The van der Waals surface area contributed by atoms with Gasteiger partial charge >= 0.3 is 0 Å². The van der Waals surface area contributed by atoms with Gasteiger partial charge in [0.05, 0.1) is 13.2 Å². The van der Waals surface area contributed by atoms with Crippen molar-refractivity contribution in [1.29, 1.82) is 0 Å². The van der Waals surface area contributed by atoms with Crippen molar-refractivity contribution < 1.29 is 14.2 Å². The third-order valence-corrected chi connectivity index (χ3v) is 4.24. The third-order valence-electron chi connectivity index (χ3n) is 4.24. The molecular weight excluding hydrogens is 219 g/mol. The van der Waals surface area contributed by atoms with Crippen LogP contribution in [0.3, 0.4) is 0 Å². The smallest absolute Gasteiger partial charge is 0.124 e. The lowest BCUT2D eigenvalue weighted by molar-refractivity contribution is 0.101. The lowest BCUT2D eigenvalue weighted by atomic mass is 9.91. The van der Waals surface area contributed by atoms with Gasteiger partial charge in [-0.05, 0) is 55.2 Å². The van der Waals surface area contributed by atoms with Crippen molar-refractivity contribution in [3.8, 4) is 5.75 Å². The molecule has 3 unspecified atom stereocenters. The number of hydrogen-bond acceptors (Lipinski definition) is 2. The fourth-order valence-corrected chi connectivity index (χ4v) is 3.21. The molecular formula is C14H17FO2. The van der Waals surface area contributed by atoms with Crippen LogP contribution in [0, 0.1) is 23.6 Å². The standard InChI is InChI=1S/C14H17FO2/c1-17-13-3-2-11(15)7-12(13)14(16)10-5-8-4-9(8)6-10/h2-3,7-10,14,16H,4-6H2,1H3. The lowest BCUT2D eigenvalue weighted by Crippen LogP contribution is -2.12. The highest BCUT2D eigenvalue weighted by Gasteiger charge is 2.48. The molecule has 0 heterocycles. The SMILES string of the molecule is COc1ccc(F)cc1C(O)C1CC2CC2C1. The zero-order valence-corrected chi connectivity index (χ0v) is 9.90. The highest BCUT2D eigenvalue weighted by atomic mass is 19.1. The molecule has 0 spiro atoms. The van der Waals surface area contributed by atoms with Crippen molar-refractivity contribution in [1.82, 2.24) is 0 Å². The Hall–Kier alpha value is -1.09. The molecule has 92 valence electrons. The van der Waals surface area contributed by atoms with Gasteiger partial charge in [-0.15, -0.1) is 0 Å². The van der Waals surface area contributed by atoms with E-state index >= 15 is 0 Å². The van der Waals surface area contributed by atoms with Crippen LogP contribution < -0.4 is 4.74 Å². The summed E-state index contributed by atoms with van der Waals surface area (Å²) in [4.78, 5) is 0. The van der Waals surface area contributed by atoms with Gasteiger partial charge in [0.25, 0.3) is 0 Å². The van der Waals surface area contributed by atoms with Gasteiger partial charge in [-0.1, -0.05) is 0 Å². The van der Waals surface area contributed by atoms with Crippen molar-refractivity contribution in [2.24, 2.45) is 17.8 Å². The molecule has 1 aromatic carbocycles. The Morgan fingerprint density at radius 3 is 2.65 bits per heavy atom. The van der Waals surface area contributed by atoms with Gasteiger partial charge in [0.2, 0.25) is 0 Å². The maximum atomic E-state index is 13.2. The summed E-state index contributed by atoms with van der Waals surface area (Å²) in [6, 6.07) is 4.35. The van der Waals surface area contributed by atoms with Gasteiger partial charge in [0.15, 0.2) is 0 Å². The van der Waals surface area contributed by atoms with Crippen LogP contribution in [0.1, 0.15) is 30.9 Å². The van der Waals surface area contributed by atoms with Crippen LogP contribution in [0.4, 0.5) is 4.39 Å². The summed E-state index contributed by atoms with van der Waals surface area (Å²) < 4.78 is 18.4. The van der Waals surface area contributed by atoms with E-state index in [2.05, 4.69) is 0 Å². The van der Waals surface area contributed by atoms with E-state index in [1.54, 1.807) is 13.2 Å². The molecule has 2 fully saturated rings. The molecule has 1 aromatic rings. The molecule has 2 saturated carbocycles. The molecule has 3 heteroatoms. The number of ether oxygens (including phenoxy) is 1. The average Bonchev–Trinajstić information content (AvgIpc) is 2.95. The Balaban J connectivity index is 1.84. The Kier molecular flexibility index (Phi) is 2.58. The van der Waals surface area contributed by atoms with Crippen molar-refractivity contribution in [3.63, 3.8) is 0 Å². The summed E-state index contributed by atoms with van der Waals surface area (Å²) in [6.45, 7) is 0.